The Bertz CT molecular complexity index is 563. The van der Waals surface area contributed by atoms with Crippen LogP contribution in [-0.2, 0) is 14.4 Å². The van der Waals surface area contributed by atoms with Crippen LogP contribution in [0.15, 0.2) is 12.2 Å². The fourth-order valence-corrected chi connectivity index (χ4v) is 3.83. The number of allylic oxidation sites excluding steroid dienone is 2. The van der Waals surface area contributed by atoms with Crippen molar-refractivity contribution in [2.75, 3.05) is 39.3 Å². The number of aliphatic hydroxyl groups is 1. The van der Waals surface area contributed by atoms with Crippen molar-refractivity contribution in [3.63, 3.8) is 0 Å². The molecule has 0 rings (SSSR count). The molecule has 198 valence electrons. The largest absolute Gasteiger partial charge is 1.00 e. The maximum absolute atomic E-state index is 12.5. The molecule has 0 aromatic carbocycles. The fourth-order valence-electron chi connectivity index (χ4n) is 3.83. The zero-order valence-corrected chi connectivity index (χ0v) is 27.2. The Kier molecular flexibility index (Phi) is 33.4. The number of aliphatic carboxylic acids is 2. The predicted molar refractivity (Wildman–Crippen MR) is 130 cm³/mol. The van der Waals surface area contributed by atoms with Gasteiger partial charge in [-0.1, -0.05) is 70.4 Å². The van der Waals surface area contributed by atoms with E-state index in [0.29, 0.717) is 6.42 Å². The summed E-state index contributed by atoms with van der Waals surface area (Å²) in [7, 11) is 0. The molecular formula is C26H46N2Na2O6. The average molecular weight is 529 g/mol. The van der Waals surface area contributed by atoms with E-state index in [1.54, 1.807) is 0 Å². The maximum Gasteiger partial charge on any atom is 1.00 e. The van der Waals surface area contributed by atoms with Crippen molar-refractivity contribution in [1.82, 2.24) is 9.80 Å². The van der Waals surface area contributed by atoms with E-state index in [9.17, 15) is 29.7 Å². The first-order chi connectivity index (χ1) is 16.4. The van der Waals surface area contributed by atoms with E-state index in [-0.39, 0.29) is 91.3 Å². The zero-order chi connectivity index (χ0) is 25.4. The van der Waals surface area contributed by atoms with Gasteiger partial charge in [-0.15, -0.1) is 0 Å². The third-order valence-electron chi connectivity index (χ3n) is 5.77. The molecule has 0 aliphatic rings. The predicted octanol–water partition coefficient (Wildman–Crippen LogP) is -4.35. The minimum Gasteiger partial charge on any atom is -0.549 e. The summed E-state index contributed by atoms with van der Waals surface area (Å²) in [6.07, 6.45) is 20.3. The summed E-state index contributed by atoms with van der Waals surface area (Å²) in [6.45, 7) is 1.26. The Labute approximate surface area is 262 Å². The number of hydrogen-bond acceptors (Lipinski definition) is 7. The van der Waals surface area contributed by atoms with Gasteiger partial charge in [0.1, 0.15) is 0 Å². The van der Waals surface area contributed by atoms with Crippen LogP contribution in [0.4, 0.5) is 0 Å². The maximum atomic E-state index is 12.5. The summed E-state index contributed by atoms with van der Waals surface area (Å²) in [4.78, 5) is 36.6. The Hall–Kier alpha value is 0.0700. The molecule has 8 nitrogen and oxygen atoms in total. The van der Waals surface area contributed by atoms with E-state index in [4.69, 9.17) is 0 Å². The van der Waals surface area contributed by atoms with Crippen molar-refractivity contribution >= 4 is 17.8 Å². The van der Waals surface area contributed by atoms with E-state index < -0.39 is 25.0 Å². The summed E-state index contributed by atoms with van der Waals surface area (Å²) in [6, 6.07) is 0. The van der Waals surface area contributed by atoms with Gasteiger partial charge >= 0.3 is 59.1 Å². The van der Waals surface area contributed by atoms with Crippen LogP contribution >= 0.6 is 0 Å². The second kappa shape index (κ2) is 29.6. The minimum absolute atomic E-state index is 0. The summed E-state index contributed by atoms with van der Waals surface area (Å²) in [5, 5.41) is 30.8. The van der Waals surface area contributed by atoms with Crippen LogP contribution in [0.1, 0.15) is 96.8 Å². The molecule has 0 radical (unpaired) electrons. The zero-order valence-electron chi connectivity index (χ0n) is 23.2. The number of rotatable bonds is 24. The van der Waals surface area contributed by atoms with Crippen molar-refractivity contribution in [2.24, 2.45) is 0 Å². The molecule has 0 aromatic rings. The van der Waals surface area contributed by atoms with Gasteiger partial charge in [-0.3, -0.25) is 9.69 Å². The van der Waals surface area contributed by atoms with Crippen molar-refractivity contribution in [2.45, 2.75) is 96.8 Å². The number of hydrogen-bond donors (Lipinski definition) is 1. The molecule has 0 heterocycles. The van der Waals surface area contributed by atoms with E-state index in [2.05, 4.69) is 19.1 Å². The molecule has 1 N–H and O–H groups in total. The molecule has 0 spiro atoms. The first kappa shape index (κ1) is 40.6. The van der Waals surface area contributed by atoms with Crippen LogP contribution in [0.5, 0.6) is 0 Å². The molecule has 0 bridgehead atoms. The Morgan fingerprint density at radius 1 is 0.694 bits per heavy atom. The minimum atomic E-state index is -1.39. The Morgan fingerprint density at radius 2 is 1.17 bits per heavy atom. The van der Waals surface area contributed by atoms with Crippen LogP contribution in [0.25, 0.3) is 0 Å². The van der Waals surface area contributed by atoms with Crippen molar-refractivity contribution in [3.05, 3.63) is 12.2 Å². The van der Waals surface area contributed by atoms with E-state index >= 15 is 0 Å². The number of amides is 1. The summed E-state index contributed by atoms with van der Waals surface area (Å²) < 4.78 is 0. The van der Waals surface area contributed by atoms with Crippen LogP contribution in [0.3, 0.4) is 0 Å². The smallest absolute Gasteiger partial charge is 0.549 e. The standard InChI is InChI=1S/C26H48N2O6.2Na/c1-2-3-4-5-6-7-8-9-10-11-12-13-14-15-16-17-24(30)28(20-21-29)19-18-27(22-25(31)32)23-26(33)34;;/h9-10,29H,2-8,11-23H2,1H3,(H,31,32)(H,33,34);;/q;2*+1/p-2/b10-9-;;. The number of carboxylic acids is 2. The molecule has 0 fully saturated rings. The van der Waals surface area contributed by atoms with Crippen LogP contribution in [-0.4, -0.2) is 72.1 Å². The third kappa shape index (κ3) is 27.1. The first-order valence-corrected chi connectivity index (χ1v) is 13.1. The third-order valence-corrected chi connectivity index (χ3v) is 5.77. The van der Waals surface area contributed by atoms with E-state index in [1.807, 2.05) is 0 Å². The quantitative estimate of drug-likeness (QED) is 0.0763. The van der Waals surface area contributed by atoms with Crippen molar-refractivity contribution in [3.8, 4) is 0 Å². The molecule has 0 unspecified atom stereocenters. The van der Waals surface area contributed by atoms with Gasteiger partial charge in [-0.25, -0.2) is 0 Å². The second-order valence-electron chi connectivity index (χ2n) is 8.89. The molecule has 0 aromatic heterocycles. The number of carbonyl (C=O) groups excluding carboxylic acids is 3. The number of aliphatic hydroxyl groups excluding tert-OH is 1. The molecule has 0 aliphatic carbocycles. The second-order valence-corrected chi connectivity index (χ2v) is 8.89. The molecule has 10 heteroatoms. The van der Waals surface area contributed by atoms with Gasteiger partial charge in [0, 0.05) is 39.1 Å². The van der Waals surface area contributed by atoms with Crippen molar-refractivity contribution < 1.29 is 88.8 Å². The van der Waals surface area contributed by atoms with Crippen LogP contribution in [0.2, 0.25) is 0 Å². The normalized spacial score (nSPS) is 10.8. The summed E-state index contributed by atoms with van der Waals surface area (Å²) in [5.41, 5.74) is 0. The van der Waals surface area contributed by atoms with Gasteiger partial charge < -0.3 is 29.8 Å². The number of unbranched alkanes of at least 4 members (excludes halogenated alkanes) is 11. The molecule has 0 saturated heterocycles. The molecule has 1 amide bonds. The molecule has 36 heavy (non-hydrogen) atoms. The molecular weight excluding hydrogens is 482 g/mol. The monoisotopic (exact) mass is 528 g/mol. The average Bonchev–Trinajstić information content (AvgIpc) is 2.78. The first-order valence-electron chi connectivity index (χ1n) is 13.1. The fraction of sp³-hybridized carbons (Fsp3) is 0.808. The number of carbonyl (C=O) groups is 3. The Balaban J connectivity index is -0.00000544. The number of nitrogens with zero attached hydrogens (tertiary/aromatic N) is 2. The number of carboxylic acid groups (broad SMARTS) is 2. The van der Waals surface area contributed by atoms with Crippen molar-refractivity contribution in [1.29, 1.82) is 0 Å². The van der Waals surface area contributed by atoms with Gasteiger partial charge in [0.15, 0.2) is 0 Å². The Morgan fingerprint density at radius 3 is 1.64 bits per heavy atom. The topological polar surface area (TPSA) is 124 Å². The summed E-state index contributed by atoms with van der Waals surface area (Å²) in [5.74, 6) is -2.90. The van der Waals surface area contributed by atoms with Gasteiger partial charge in [0.25, 0.3) is 0 Å². The van der Waals surface area contributed by atoms with Gasteiger partial charge in [0.2, 0.25) is 5.91 Å². The van der Waals surface area contributed by atoms with E-state index in [1.165, 1.54) is 49.8 Å². The molecule has 0 saturated carbocycles. The van der Waals surface area contributed by atoms with Gasteiger partial charge in [0.05, 0.1) is 18.5 Å². The van der Waals surface area contributed by atoms with Gasteiger partial charge in [-0.05, 0) is 32.1 Å². The SMILES string of the molecule is CCCCCCCC/C=C\CCCCCCCC(=O)N(CCO)CCN(CC(=O)[O-])CC(=O)[O-].[Na+].[Na+]. The summed E-state index contributed by atoms with van der Waals surface area (Å²) >= 11 is 0. The van der Waals surface area contributed by atoms with Crippen LogP contribution in [0, 0.1) is 0 Å². The molecule has 0 aliphatic heterocycles. The molecule has 0 atom stereocenters. The van der Waals surface area contributed by atoms with Gasteiger partial charge in [-0.2, -0.15) is 0 Å². The van der Waals surface area contributed by atoms with E-state index in [0.717, 1.165) is 43.4 Å². The van der Waals surface area contributed by atoms with Crippen LogP contribution < -0.4 is 69.3 Å².